The van der Waals surface area contributed by atoms with Crippen LogP contribution in [0.25, 0.3) is 0 Å². The Morgan fingerprint density at radius 3 is 2.42 bits per heavy atom. The van der Waals surface area contributed by atoms with E-state index in [9.17, 15) is 4.79 Å². The number of hydrogen-bond acceptors (Lipinski definition) is 4. The highest BCUT2D eigenvalue weighted by Gasteiger charge is 2.37. The van der Waals surface area contributed by atoms with Crippen LogP contribution < -0.4 is 16.0 Å². The van der Waals surface area contributed by atoms with Crippen LogP contribution in [0.5, 0.6) is 0 Å². The normalized spacial score (nSPS) is 22.3. The van der Waals surface area contributed by atoms with Gasteiger partial charge < -0.3 is 16.0 Å². The van der Waals surface area contributed by atoms with Crippen molar-refractivity contribution in [2.24, 2.45) is 5.73 Å². The number of anilines is 1. The Hall–Kier alpha value is -1.59. The zero-order valence-electron chi connectivity index (χ0n) is 14.7. The van der Waals surface area contributed by atoms with Crippen molar-refractivity contribution in [1.29, 1.82) is 0 Å². The summed E-state index contributed by atoms with van der Waals surface area (Å²) in [7, 11) is 0. The molecule has 1 saturated carbocycles. The quantitative estimate of drug-likeness (QED) is 0.861. The van der Waals surface area contributed by atoms with Crippen molar-refractivity contribution in [3.63, 3.8) is 0 Å². The second-order valence-corrected chi connectivity index (χ2v) is 7.28. The summed E-state index contributed by atoms with van der Waals surface area (Å²) in [5.74, 6) is 0.0368. The molecule has 1 aromatic carbocycles. The lowest BCUT2D eigenvalue weighted by Crippen LogP contribution is -2.56. The molecule has 1 unspecified atom stereocenters. The van der Waals surface area contributed by atoms with Gasteiger partial charge in [0.05, 0.1) is 5.54 Å². The average molecular weight is 330 g/mol. The molecule has 0 spiro atoms. The highest BCUT2D eigenvalue weighted by atomic mass is 16.2. The number of carbonyl (C=O) groups is 1. The third-order valence-corrected chi connectivity index (χ3v) is 5.56. The summed E-state index contributed by atoms with van der Waals surface area (Å²) in [4.78, 5) is 17.2. The number of para-hydroxylation sites is 1. The Kier molecular flexibility index (Phi) is 5.41. The van der Waals surface area contributed by atoms with Crippen molar-refractivity contribution in [2.75, 3.05) is 37.6 Å². The lowest BCUT2D eigenvalue weighted by molar-refractivity contribution is -0.126. The zero-order chi connectivity index (χ0) is 17.0. The first-order valence-electron chi connectivity index (χ1n) is 9.20. The Balaban J connectivity index is 1.44. The lowest BCUT2D eigenvalue weighted by Gasteiger charge is -2.39. The lowest BCUT2D eigenvalue weighted by atomic mass is 9.98. The topological polar surface area (TPSA) is 61.6 Å². The van der Waals surface area contributed by atoms with Crippen molar-refractivity contribution < 1.29 is 4.79 Å². The maximum atomic E-state index is 12.3. The van der Waals surface area contributed by atoms with Gasteiger partial charge in [-0.05, 0) is 31.9 Å². The molecular formula is C19H30N4O. The molecule has 0 bridgehead atoms. The molecule has 132 valence electrons. The van der Waals surface area contributed by atoms with Crippen LogP contribution in [0.1, 0.15) is 32.6 Å². The second kappa shape index (κ2) is 7.53. The van der Waals surface area contributed by atoms with Crippen LogP contribution in [-0.2, 0) is 4.79 Å². The first-order chi connectivity index (χ1) is 11.6. The van der Waals surface area contributed by atoms with Crippen LogP contribution in [-0.4, -0.2) is 55.1 Å². The number of nitrogens with two attached hydrogens (primary N) is 1. The maximum absolute atomic E-state index is 12.3. The number of benzene rings is 1. The van der Waals surface area contributed by atoms with E-state index in [-0.39, 0.29) is 5.91 Å². The molecule has 24 heavy (non-hydrogen) atoms. The first kappa shape index (κ1) is 17.2. The van der Waals surface area contributed by atoms with E-state index in [0.717, 1.165) is 51.9 Å². The predicted molar refractivity (Wildman–Crippen MR) is 98.1 cm³/mol. The molecule has 1 amide bonds. The third-order valence-electron chi connectivity index (χ3n) is 5.56. The molecule has 1 atom stereocenters. The molecule has 3 N–H and O–H groups in total. The van der Waals surface area contributed by atoms with Gasteiger partial charge in [0, 0.05) is 44.5 Å². The molecular weight excluding hydrogens is 300 g/mol. The standard InChI is InChI=1S/C19H30N4O/c1-16(15-21-18(24)19(20)9-5-6-10-19)22-11-13-23(14-12-22)17-7-3-2-4-8-17/h2-4,7-8,16H,5-6,9-15,20H2,1H3,(H,21,24). The van der Waals surface area contributed by atoms with Gasteiger partial charge >= 0.3 is 0 Å². The Bertz CT molecular complexity index is 534. The molecule has 5 nitrogen and oxygen atoms in total. The Morgan fingerprint density at radius 1 is 1.17 bits per heavy atom. The van der Waals surface area contributed by atoms with Crippen LogP contribution in [0.3, 0.4) is 0 Å². The van der Waals surface area contributed by atoms with Crippen LogP contribution in [0.15, 0.2) is 30.3 Å². The van der Waals surface area contributed by atoms with Crippen molar-refractivity contribution in [2.45, 2.75) is 44.2 Å². The molecule has 1 aromatic rings. The number of carbonyl (C=O) groups excluding carboxylic acids is 1. The third kappa shape index (κ3) is 3.90. The van der Waals surface area contributed by atoms with Gasteiger partial charge in [-0.2, -0.15) is 0 Å². The number of piperazine rings is 1. The fourth-order valence-electron chi connectivity index (χ4n) is 3.84. The van der Waals surface area contributed by atoms with Crippen molar-refractivity contribution >= 4 is 11.6 Å². The van der Waals surface area contributed by atoms with Crippen molar-refractivity contribution in [1.82, 2.24) is 10.2 Å². The molecule has 2 aliphatic rings. The minimum Gasteiger partial charge on any atom is -0.369 e. The van der Waals surface area contributed by atoms with E-state index in [0.29, 0.717) is 12.6 Å². The number of nitrogens with one attached hydrogen (secondary N) is 1. The van der Waals surface area contributed by atoms with Gasteiger partial charge in [-0.25, -0.2) is 0 Å². The SMILES string of the molecule is CC(CNC(=O)C1(N)CCCC1)N1CCN(c2ccccc2)CC1. The minimum absolute atomic E-state index is 0.0368. The number of amides is 1. The van der Waals surface area contributed by atoms with Crippen molar-refractivity contribution in [3.05, 3.63) is 30.3 Å². The molecule has 1 aliphatic carbocycles. The number of nitrogens with zero attached hydrogens (tertiary/aromatic N) is 2. The van der Waals surface area contributed by atoms with Crippen LogP contribution in [0, 0.1) is 0 Å². The van der Waals surface area contributed by atoms with E-state index in [2.05, 4.69) is 52.4 Å². The molecule has 1 heterocycles. The fraction of sp³-hybridized carbons (Fsp3) is 0.632. The predicted octanol–water partition coefficient (Wildman–Crippen LogP) is 1.58. The number of rotatable bonds is 5. The van der Waals surface area contributed by atoms with Gasteiger partial charge in [-0.1, -0.05) is 31.0 Å². The van der Waals surface area contributed by atoms with Crippen molar-refractivity contribution in [3.8, 4) is 0 Å². The molecule has 3 rings (SSSR count). The smallest absolute Gasteiger partial charge is 0.240 e. The molecule has 5 heteroatoms. The second-order valence-electron chi connectivity index (χ2n) is 7.28. The van der Waals surface area contributed by atoms with Crippen LogP contribution >= 0.6 is 0 Å². The zero-order valence-corrected chi connectivity index (χ0v) is 14.7. The minimum atomic E-state index is -0.619. The summed E-state index contributed by atoms with van der Waals surface area (Å²) in [6.45, 7) is 6.99. The fourth-order valence-corrected chi connectivity index (χ4v) is 3.84. The molecule has 2 fully saturated rings. The van der Waals surface area contributed by atoms with E-state index in [4.69, 9.17) is 5.73 Å². The summed E-state index contributed by atoms with van der Waals surface area (Å²) < 4.78 is 0. The van der Waals surface area contributed by atoms with Crippen LogP contribution in [0.4, 0.5) is 5.69 Å². The molecule has 1 saturated heterocycles. The summed E-state index contributed by atoms with van der Waals surface area (Å²) in [5.41, 5.74) is 6.89. The van der Waals surface area contributed by atoms with E-state index in [1.807, 2.05) is 0 Å². The van der Waals surface area contributed by atoms with Gasteiger partial charge in [0.1, 0.15) is 0 Å². The monoisotopic (exact) mass is 330 g/mol. The summed E-state index contributed by atoms with van der Waals surface area (Å²) in [6, 6.07) is 10.9. The highest BCUT2D eigenvalue weighted by molar-refractivity contribution is 5.86. The van der Waals surface area contributed by atoms with E-state index in [1.54, 1.807) is 0 Å². The Morgan fingerprint density at radius 2 is 1.79 bits per heavy atom. The van der Waals surface area contributed by atoms with E-state index >= 15 is 0 Å². The van der Waals surface area contributed by atoms with E-state index < -0.39 is 5.54 Å². The summed E-state index contributed by atoms with van der Waals surface area (Å²) >= 11 is 0. The van der Waals surface area contributed by atoms with E-state index in [1.165, 1.54) is 5.69 Å². The Labute approximate surface area is 145 Å². The van der Waals surface area contributed by atoms with Gasteiger partial charge in [-0.3, -0.25) is 9.69 Å². The highest BCUT2D eigenvalue weighted by Crippen LogP contribution is 2.27. The van der Waals surface area contributed by atoms with Crippen LogP contribution in [0.2, 0.25) is 0 Å². The maximum Gasteiger partial charge on any atom is 0.240 e. The average Bonchev–Trinajstić information content (AvgIpc) is 3.08. The summed E-state index contributed by atoms with van der Waals surface area (Å²) in [5, 5.41) is 3.09. The number of hydrogen-bond donors (Lipinski definition) is 2. The molecule has 0 aromatic heterocycles. The molecule has 0 radical (unpaired) electrons. The summed E-state index contributed by atoms with van der Waals surface area (Å²) in [6.07, 6.45) is 3.79. The first-order valence-corrected chi connectivity index (χ1v) is 9.20. The van der Waals surface area contributed by atoms with Gasteiger partial charge in [0.2, 0.25) is 5.91 Å². The van der Waals surface area contributed by atoms with Gasteiger partial charge in [-0.15, -0.1) is 0 Å². The molecule has 1 aliphatic heterocycles. The largest absolute Gasteiger partial charge is 0.369 e. The van der Waals surface area contributed by atoms with Gasteiger partial charge in [0.15, 0.2) is 0 Å². The van der Waals surface area contributed by atoms with Gasteiger partial charge in [0.25, 0.3) is 0 Å².